The van der Waals surface area contributed by atoms with E-state index in [1.54, 1.807) is 6.20 Å². The van der Waals surface area contributed by atoms with Gasteiger partial charge in [-0.25, -0.2) is 4.98 Å². The van der Waals surface area contributed by atoms with Gasteiger partial charge in [0.2, 0.25) is 0 Å². The highest BCUT2D eigenvalue weighted by Crippen LogP contribution is 2.27. The number of pyridine rings is 1. The van der Waals surface area contributed by atoms with Crippen molar-refractivity contribution in [3.63, 3.8) is 0 Å². The van der Waals surface area contributed by atoms with Crippen molar-refractivity contribution in [1.29, 1.82) is 0 Å². The number of thioether (sulfide) groups is 1. The van der Waals surface area contributed by atoms with Gasteiger partial charge in [-0.05, 0) is 37.9 Å². The lowest BCUT2D eigenvalue weighted by Crippen LogP contribution is -1.96. The monoisotopic (exact) mass is 339 g/mol. The highest BCUT2D eigenvalue weighted by atomic mass is 79.9. The van der Waals surface area contributed by atoms with Gasteiger partial charge >= 0.3 is 5.97 Å². The molecule has 0 amide bonds. The smallest absolute Gasteiger partial charge is 0.304 e. The van der Waals surface area contributed by atoms with E-state index in [0.717, 1.165) is 14.0 Å². The van der Waals surface area contributed by atoms with Crippen LogP contribution in [-0.2, 0) is 4.79 Å². The molecule has 1 N–H and O–H groups in total. The van der Waals surface area contributed by atoms with E-state index in [-0.39, 0.29) is 6.42 Å². The summed E-state index contributed by atoms with van der Waals surface area (Å²) in [4.78, 5) is 14.4. The van der Waals surface area contributed by atoms with Gasteiger partial charge in [0.15, 0.2) is 0 Å². The number of hydrogen-bond acceptors (Lipinski definition) is 3. The number of aliphatic carboxylic acids is 1. The van der Waals surface area contributed by atoms with E-state index < -0.39 is 5.97 Å². The molecule has 0 spiro atoms. The quantitative estimate of drug-likeness (QED) is 0.855. The van der Waals surface area contributed by atoms with Gasteiger partial charge < -0.3 is 5.11 Å². The van der Waals surface area contributed by atoms with Crippen LogP contribution in [-0.4, -0.2) is 21.8 Å². The molecule has 0 saturated carbocycles. The fraction of sp³-hybridized carbons (Fsp3) is 0.250. The van der Waals surface area contributed by atoms with Crippen LogP contribution < -0.4 is 0 Å². The first-order valence-corrected chi connectivity index (χ1v) is 6.32. The predicted octanol–water partition coefficient (Wildman–Crippen LogP) is 3.17. The zero-order valence-corrected chi connectivity index (χ0v) is 11.0. The minimum Gasteiger partial charge on any atom is -0.481 e. The van der Waals surface area contributed by atoms with Gasteiger partial charge in [0.05, 0.1) is 10.9 Å². The third-order valence-corrected chi connectivity index (χ3v) is 3.64. The predicted molar refractivity (Wildman–Crippen MR) is 62.6 cm³/mol. The number of halogens is 2. The first-order valence-electron chi connectivity index (χ1n) is 3.75. The molecule has 1 rings (SSSR count). The molecule has 0 aliphatic heterocycles. The summed E-state index contributed by atoms with van der Waals surface area (Å²) in [6.45, 7) is 0. The van der Waals surface area contributed by atoms with E-state index in [2.05, 4.69) is 36.8 Å². The second-order valence-corrected chi connectivity index (χ2v) is 5.29. The van der Waals surface area contributed by atoms with Crippen molar-refractivity contribution >= 4 is 49.6 Å². The Hall–Kier alpha value is -0.0700. The Morgan fingerprint density at radius 1 is 1.57 bits per heavy atom. The second-order valence-electron chi connectivity index (χ2n) is 2.43. The molecule has 14 heavy (non-hydrogen) atoms. The molecule has 0 aliphatic rings. The maximum Gasteiger partial charge on any atom is 0.304 e. The number of nitrogens with zero attached hydrogens (tertiary/aromatic N) is 1. The van der Waals surface area contributed by atoms with Gasteiger partial charge in [-0.3, -0.25) is 4.79 Å². The summed E-state index contributed by atoms with van der Waals surface area (Å²) in [5.41, 5.74) is 0. The fourth-order valence-corrected chi connectivity index (χ4v) is 2.87. The molecule has 1 aromatic rings. The third kappa shape index (κ3) is 3.98. The van der Waals surface area contributed by atoms with Crippen molar-refractivity contribution < 1.29 is 9.90 Å². The summed E-state index contributed by atoms with van der Waals surface area (Å²) >= 11 is 8.07. The van der Waals surface area contributed by atoms with Gasteiger partial charge in [0.25, 0.3) is 0 Å². The van der Waals surface area contributed by atoms with Gasteiger partial charge in [-0.1, -0.05) is 0 Å². The first-order chi connectivity index (χ1) is 6.59. The maximum absolute atomic E-state index is 10.3. The average Bonchev–Trinajstić information content (AvgIpc) is 2.08. The van der Waals surface area contributed by atoms with E-state index in [4.69, 9.17) is 5.11 Å². The van der Waals surface area contributed by atoms with E-state index in [9.17, 15) is 4.79 Å². The number of hydrogen-bond donors (Lipinski definition) is 1. The van der Waals surface area contributed by atoms with Gasteiger partial charge in [0.1, 0.15) is 5.03 Å². The zero-order valence-electron chi connectivity index (χ0n) is 7.04. The Bertz CT molecular complexity index is 346. The van der Waals surface area contributed by atoms with Gasteiger partial charge in [-0.2, -0.15) is 0 Å². The maximum atomic E-state index is 10.3. The molecule has 3 nitrogen and oxygen atoms in total. The summed E-state index contributed by atoms with van der Waals surface area (Å²) in [5.74, 6) is -0.256. The van der Waals surface area contributed by atoms with Crippen LogP contribution in [0.4, 0.5) is 0 Å². The van der Waals surface area contributed by atoms with E-state index >= 15 is 0 Å². The van der Waals surface area contributed by atoms with Crippen molar-refractivity contribution in [2.24, 2.45) is 0 Å². The van der Waals surface area contributed by atoms with E-state index in [1.165, 1.54) is 11.8 Å². The largest absolute Gasteiger partial charge is 0.481 e. The normalized spacial score (nSPS) is 10.1. The lowest BCUT2D eigenvalue weighted by Gasteiger charge is -2.01. The third-order valence-electron chi connectivity index (χ3n) is 1.33. The Morgan fingerprint density at radius 2 is 2.29 bits per heavy atom. The molecule has 0 unspecified atom stereocenters. The Labute approximate surface area is 103 Å². The van der Waals surface area contributed by atoms with Crippen molar-refractivity contribution in [1.82, 2.24) is 4.98 Å². The summed E-state index contributed by atoms with van der Waals surface area (Å²) in [5, 5.41) is 9.27. The van der Waals surface area contributed by atoms with Crippen LogP contribution in [0.5, 0.6) is 0 Å². The molecule has 1 aromatic heterocycles. The Balaban J connectivity index is 2.55. The molecule has 0 fully saturated rings. The molecule has 1 heterocycles. The molecule has 0 saturated heterocycles. The van der Waals surface area contributed by atoms with E-state index in [0.29, 0.717) is 5.75 Å². The van der Waals surface area contributed by atoms with Crippen molar-refractivity contribution in [3.8, 4) is 0 Å². The standard InChI is InChI=1S/C8H7Br2NO2S/c9-5-3-6(10)8(11-4-5)14-2-1-7(12)13/h3-4H,1-2H2,(H,12,13). The zero-order chi connectivity index (χ0) is 10.6. The SMILES string of the molecule is O=C(O)CCSc1ncc(Br)cc1Br. The number of carboxylic acids is 1. The summed E-state index contributed by atoms with van der Waals surface area (Å²) < 4.78 is 1.77. The van der Waals surface area contributed by atoms with Crippen molar-refractivity contribution in [2.45, 2.75) is 11.4 Å². The lowest BCUT2D eigenvalue weighted by molar-refractivity contribution is -0.136. The number of rotatable bonds is 4. The molecule has 76 valence electrons. The fourth-order valence-electron chi connectivity index (χ4n) is 0.743. The minimum atomic E-state index is -0.786. The highest BCUT2D eigenvalue weighted by molar-refractivity contribution is 9.11. The molecule has 0 aliphatic carbocycles. The lowest BCUT2D eigenvalue weighted by atomic mass is 10.5. The van der Waals surface area contributed by atoms with Gasteiger partial charge in [0, 0.05) is 16.4 Å². The second kappa shape index (κ2) is 5.72. The molecule has 0 bridgehead atoms. The molecule has 0 aromatic carbocycles. The first kappa shape index (κ1) is 12.0. The van der Waals surface area contributed by atoms with Crippen molar-refractivity contribution in [3.05, 3.63) is 21.2 Å². The van der Waals surface area contributed by atoms with E-state index in [1.807, 2.05) is 6.07 Å². The summed E-state index contributed by atoms with van der Waals surface area (Å²) in [6, 6.07) is 1.89. The van der Waals surface area contributed by atoms with Crippen LogP contribution in [0.15, 0.2) is 26.2 Å². The average molecular weight is 341 g/mol. The molecular formula is C8H7Br2NO2S. The van der Waals surface area contributed by atoms with Crippen LogP contribution in [0.3, 0.4) is 0 Å². The number of aromatic nitrogens is 1. The molecular weight excluding hydrogens is 334 g/mol. The van der Waals surface area contributed by atoms with Crippen molar-refractivity contribution in [2.75, 3.05) is 5.75 Å². The van der Waals surface area contributed by atoms with Gasteiger partial charge in [-0.15, -0.1) is 11.8 Å². The highest BCUT2D eigenvalue weighted by Gasteiger charge is 2.04. The number of carbonyl (C=O) groups is 1. The van der Waals surface area contributed by atoms with Crippen LogP contribution in [0.25, 0.3) is 0 Å². The topological polar surface area (TPSA) is 50.2 Å². The number of carboxylic acid groups (broad SMARTS) is 1. The molecule has 6 heteroatoms. The van der Waals surface area contributed by atoms with Crippen LogP contribution in [0.1, 0.15) is 6.42 Å². The molecule has 0 radical (unpaired) electrons. The summed E-state index contributed by atoms with van der Waals surface area (Å²) in [7, 11) is 0. The van der Waals surface area contributed by atoms with Crippen LogP contribution >= 0.6 is 43.6 Å². The summed E-state index contributed by atoms with van der Waals surface area (Å²) in [6.07, 6.45) is 1.84. The van der Waals surface area contributed by atoms with Crippen LogP contribution in [0, 0.1) is 0 Å². The van der Waals surface area contributed by atoms with Crippen LogP contribution in [0.2, 0.25) is 0 Å². The minimum absolute atomic E-state index is 0.148. The Kier molecular flexibility index (Phi) is 4.91. The molecule has 0 atom stereocenters. The Morgan fingerprint density at radius 3 is 2.86 bits per heavy atom.